The molecule has 0 radical (unpaired) electrons. The van der Waals surface area contributed by atoms with Crippen LogP contribution in [0.2, 0.25) is 0 Å². The summed E-state index contributed by atoms with van der Waals surface area (Å²) in [5, 5.41) is 5.45. The molecular weight excluding hydrogens is 406 g/mol. The maximum absolute atomic E-state index is 12.3. The Morgan fingerprint density at radius 3 is 2.28 bits per heavy atom. The van der Waals surface area contributed by atoms with Crippen LogP contribution in [0.1, 0.15) is 32.6 Å². The Morgan fingerprint density at radius 2 is 1.59 bits per heavy atom. The van der Waals surface area contributed by atoms with Crippen LogP contribution in [0.4, 0.5) is 0 Å². The first-order valence-corrected chi connectivity index (χ1v) is 10.3. The highest BCUT2D eigenvalue weighted by Gasteiger charge is 2.10. The summed E-state index contributed by atoms with van der Waals surface area (Å²) in [6.07, 6.45) is 3.43. The number of aryl methyl sites for hydroxylation is 2. The molecule has 0 unspecified atom stereocenters. The minimum atomic E-state index is -0.278. The van der Waals surface area contributed by atoms with Crippen LogP contribution in [-0.2, 0) is 17.9 Å². The third-order valence-electron chi connectivity index (χ3n) is 4.75. The van der Waals surface area contributed by atoms with E-state index in [1.807, 2.05) is 50.2 Å². The smallest absolute Gasteiger partial charge is 0.251 e. The fourth-order valence-electron chi connectivity index (χ4n) is 3.21. The molecule has 0 spiro atoms. The van der Waals surface area contributed by atoms with E-state index in [4.69, 9.17) is 9.47 Å². The Hall–Kier alpha value is -3.87. The normalized spacial score (nSPS) is 10.3. The van der Waals surface area contributed by atoms with Gasteiger partial charge in [-0.05, 0) is 61.4 Å². The van der Waals surface area contributed by atoms with Crippen molar-refractivity contribution in [1.82, 2.24) is 15.6 Å². The summed E-state index contributed by atoms with van der Waals surface area (Å²) >= 11 is 0. The van der Waals surface area contributed by atoms with Crippen molar-refractivity contribution < 1.29 is 19.1 Å². The zero-order valence-electron chi connectivity index (χ0n) is 18.5. The van der Waals surface area contributed by atoms with Gasteiger partial charge in [0.2, 0.25) is 5.91 Å². The van der Waals surface area contributed by atoms with E-state index in [1.54, 1.807) is 31.6 Å². The van der Waals surface area contributed by atoms with E-state index in [1.165, 1.54) is 0 Å². The maximum atomic E-state index is 12.3. The van der Waals surface area contributed by atoms with Crippen molar-refractivity contribution >= 4 is 11.8 Å². The zero-order valence-corrected chi connectivity index (χ0v) is 18.5. The Morgan fingerprint density at radius 1 is 0.875 bits per heavy atom. The van der Waals surface area contributed by atoms with E-state index < -0.39 is 0 Å². The number of methoxy groups -OCH3 is 1. The molecule has 166 valence electrons. The molecule has 0 saturated heterocycles. The molecule has 0 fully saturated rings. The molecule has 2 amide bonds. The highest BCUT2D eigenvalue weighted by molar-refractivity contribution is 5.96. The van der Waals surface area contributed by atoms with Crippen molar-refractivity contribution in [2.75, 3.05) is 13.7 Å². The molecule has 2 aromatic carbocycles. The summed E-state index contributed by atoms with van der Waals surface area (Å²) in [6.45, 7) is 4.46. The van der Waals surface area contributed by atoms with Crippen molar-refractivity contribution in [3.05, 3.63) is 88.7 Å². The van der Waals surface area contributed by atoms with Crippen LogP contribution >= 0.6 is 0 Å². The minimum Gasteiger partial charge on any atom is -0.493 e. The van der Waals surface area contributed by atoms with Gasteiger partial charge in [0.15, 0.2) is 11.5 Å². The van der Waals surface area contributed by atoms with Crippen LogP contribution in [0.25, 0.3) is 0 Å². The second-order valence-electron chi connectivity index (χ2n) is 7.47. The first kappa shape index (κ1) is 22.8. The third kappa shape index (κ3) is 6.57. The largest absolute Gasteiger partial charge is 0.493 e. The predicted octanol–water partition coefficient (Wildman–Crippen LogP) is 3.33. The Bertz CT molecular complexity index is 1060. The number of hydrogen-bond donors (Lipinski definition) is 2. The van der Waals surface area contributed by atoms with Crippen LogP contribution in [0, 0.1) is 13.8 Å². The number of ether oxygens (including phenoxy) is 2. The fourth-order valence-corrected chi connectivity index (χ4v) is 3.21. The Balaban J connectivity index is 1.50. The Kier molecular flexibility index (Phi) is 7.80. The molecule has 0 atom stereocenters. The number of nitrogens with zero attached hydrogens (tertiary/aromatic N) is 1. The number of aromatic nitrogens is 1. The van der Waals surface area contributed by atoms with E-state index in [0.29, 0.717) is 30.2 Å². The molecule has 7 heteroatoms. The lowest BCUT2D eigenvalue weighted by Crippen LogP contribution is -2.36. The van der Waals surface area contributed by atoms with Crippen molar-refractivity contribution in [1.29, 1.82) is 0 Å². The fraction of sp³-hybridized carbons (Fsp3) is 0.240. The zero-order chi connectivity index (χ0) is 22.9. The lowest BCUT2D eigenvalue weighted by molar-refractivity contribution is -0.120. The molecule has 7 nitrogen and oxygen atoms in total. The number of rotatable bonds is 9. The van der Waals surface area contributed by atoms with Gasteiger partial charge in [-0.3, -0.25) is 14.6 Å². The summed E-state index contributed by atoms with van der Waals surface area (Å²) in [6, 6.07) is 14.8. The number of amides is 2. The molecule has 0 saturated carbocycles. The highest BCUT2D eigenvalue weighted by atomic mass is 16.5. The number of benzene rings is 2. The molecule has 3 rings (SSSR count). The topological polar surface area (TPSA) is 89.6 Å². The van der Waals surface area contributed by atoms with Gasteiger partial charge < -0.3 is 20.1 Å². The van der Waals surface area contributed by atoms with Gasteiger partial charge in [-0.25, -0.2) is 0 Å². The quantitative estimate of drug-likeness (QED) is 0.540. The van der Waals surface area contributed by atoms with Crippen molar-refractivity contribution in [3.63, 3.8) is 0 Å². The van der Waals surface area contributed by atoms with Crippen molar-refractivity contribution in [2.24, 2.45) is 0 Å². The van der Waals surface area contributed by atoms with E-state index >= 15 is 0 Å². The Labute approximate surface area is 187 Å². The van der Waals surface area contributed by atoms with Crippen LogP contribution in [-0.4, -0.2) is 30.5 Å². The summed E-state index contributed by atoms with van der Waals surface area (Å²) in [4.78, 5) is 28.5. The van der Waals surface area contributed by atoms with Gasteiger partial charge in [0.05, 0.1) is 13.7 Å². The van der Waals surface area contributed by atoms with Gasteiger partial charge in [-0.2, -0.15) is 0 Å². The second-order valence-corrected chi connectivity index (χ2v) is 7.47. The van der Waals surface area contributed by atoms with Gasteiger partial charge in [0.1, 0.15) is 6.61 Å². The SMILES string of the molecule is COc1cc(CNC(=O)CNC(=O)c2cc(C)cc(C)c2)ccc1OCc1ccncc1. The standard InChI is InChI=1S/C25H27N3O4/c1-17-10-18(2)12-21(11-17)25(30)28-15-24(29)27-14-20-4-5-22(23(13-20)31-3)32-16-19-6-8-26-9-7-19/h4-13H,14-16H2,1-3H3,(H,27,29)(H,28,30). The first-order valence-electron chi connectivity index (χ1n) is 10.3. The van der Waals surface area contributed by atoms with E-state index in [2.05, 4.69) is 15.6 Å². The maximum Gasteiger partial charge on any atom is 0.251 e. The van der Waals surface area contributed by atoms with Gasteiger partial charge in [-0.1, -0.05) is 23.3 Å². The molecule has 0 bridgehead atoms. The number of carbonyl (C=O) groups is 2. The molecule has 1 aromatic heterocycles. The highest BCUT2D eigenvalue weighted by Crippen LogP contribution is 2.28. The van der Waals surface area contributed by atoms with Crippen LogP contribution in [0.15, 0.2) is 60.9 Å². The van der Waals surface area contributed by atoms with Crippen LogP contribution < -0.4 is 20.1 Å². The van der Waals surface area contributed by atoms with Crippen LogP contribution in [0.5, 0.6) is 11.5 Å². The molecule has 32 heavy (non-hydrogen) atoms. The van der Waals surface area contributed by atoms with Gasteiger partial charge in [0.25, 0.3) is 5.91 Å². The summed E-state index contributed by atoms with van der Waals surface area (Å²) in [5.41, 5.74) is 4.40. The molecule has 0 aliphatic rings. The second kappa shape index (κ2) is 10.9. The number of carbonyl (C=O) groups excluding carboxylic acids is 2. The van der Waals surface area contributed by atoms with Crippen molar-refractivity contribution in [2.45, 2.75) is 27.0 Å². The molecule has 2 N–H and O–H groups in total. The molecule has 0 aliphatic carbocycles. The minimum absolute atomic E-state index is 0.101. The summed E-state index contributed by atoms with van der Waals surface area (Å²) in [5.74, 6) is 0.637. The lowest BCUT2D eigenvalue weighted by atomic mass is 10.1. The summed E-state index contributed by atoms with van der Waals surface area (Å²) in [7, 11) is 1.57. The summed E-state index contributed by atoms with van der Waals surface area (Å²) < 4.78 is 11.3. The predicted molar refractivity (Wildman–Crippen MR) is 122 cm³/mol. The van der Waals surface area contributed by atoms with Crippen LogP contribution in [0.3, 0.4) is 0 Å². The molecule has 0 aliphatic heterocycles. The molecular formula is C25H27N3O4. The van der Waals surface area contributed by atoms with Gasteiger partial charge in [0, 0.05) is 24.5 Å². The third-order valence-corrected chi connectivity index (χ3v) is 4.75. The monoisotopic (exact) mass is 433 g/mol. The molecule has 3 aromatic rings. The average molecular weight is 434 g/mol. The lowest BCUT2D eigenvalue weighted by Gasteiger charge is -2.13. The number of nitrogens with one attached hydrogen (secondary N) is 2. The number of pyridine rings is 1. The van der Waals surface area contributed by atoms with Crippen molar-refractivity contribution in [3.8, 4) is 11.5 Å². The first-order chi connectivity index (χ1) is 15.4. The average Bonchev–Trinajstić information content (AvgIpc) is 2.80. The van der Waals surface area contributed by atoms with Gasteiger partial charge in [-0.15, -0.1) is 0 Å². The van der Waals surface area contributed by atoms with E-state index in [0.717, 1.165) is 22.3 Å². The molecule has 1 heterocycles. The van der Waals surface area contributed by atoms with E-state index in [9.17, 15) is 9.59 Å². The van der Waals surface area contributed by atoms with Gasteiger partial charge >= 0.3 is 0 Å². The number of hydrogen-bond acceptors (Lipinski definition) is 5. The van der Waals surface area contributed by atoms with E-state index in [-0.39, 0.29) is 18.4 Å².